The van der Waals surface area contributed by atoms with Gasteiger partial charge in [-0.25, -0.2) is 14.4 Å². The number of carboxylic acid groups (broad SMARTS) is 1. The molecule has 1 aliphatic heterocycles. The molecule has 2 amide bonds. The molecule has 0 aromatic heterocycles. The molecule has 1 heterocycles. The number of piperidine rings is 1. The molecule has 2 rings (SSSR count). The van der Waals surface area contributed by atoms with Gasteiger partial charge in [0.05, 0.1) is 6.61 Å². The minimum Gasteiger partial charge on any atom is -0.480 e. The predicted octanol–water partition coefficient (Wildman–Crippen LogP) is 0.977. The SMILES string of the molecule is CCOC(=O)C1CCCCN1C(=O)NC(C(=O)O)C1CC1. The molecule has 0 radical (unpaired) electrons. The Morgan fingerprint density at radius 2 is 2.00 bits per heavy atom. The molecule has 7 heteroatoms. The van der Waals surface area contributed by atoms with E-state index in [0.717, 1.165) is 25.7 Å². The summed E-state index contributed by atoms with van der Waals surface area (Å²) in [4.78, 5) is 36.8. The Kier molecular flexibility index (Phi) is 5.03. The number of carboxylic acids is 1. The number of nitrogens with one attached hydrogen (secondary N) is 1. The summed E-state index contributed by atoms with van der Waals surface area (Å²) in [5.74, 6) is -1.42. The lowest BCUT2D eigenvalue weighted by atomic mass is 10.0. The number of urea groups is 1. The minimum atomic E-state index is -1.02. The maximum absolute atomic E-state index is 12.3. The summed E-state index contributed by atoms with van der Waals surface area (Å²) in [6.45, 7) is 2.44. The largest absolute Gasteiger partial charge is 0.480 e. The van der Waals surface area contributed by atoms with Gasteiger partial charge in [-0.05, 0) is 44.9 Å². The van der Waals surface area contributed by atoms with Crippen molar-refractivity contribution in [1.82, 2.24) is 10.2 Å². The Morgan fingerprint density at radius 3 is 2.57 bits per heavy atom. The first-order valence-electron chi connectivity index (χ1n) is 7.51. The number of carbonyl (C=O) groups excluding carboxylic acids is 2. The van der Waals surface area contributed by atoms with Gasteiger partial charge in [-0.2, -0.15) is 0 Å². The van der Waals surface area contributed by atoms with E-state index >= 15 is 0 Å². The van der Waals surface area contributed by atoms with Crippen molar-refractivity contribution in [3.63, 3.8) is 0 Å². The lowest BCUT2D eigenvalue weighted by Gasteiger charge is -2.34. The average molecular weight is 298 g/mol. The molecule has 0 bridgehead atoms. The zero-order valence-electron chi connectivity index (χ0n) is 12.2. The van der Waals surface area contributed by atoms with Gasteiger partial charge in [0.25, 0.3) is 0 Å². The summed E-state index contributed by atoms with van der Waals surface area (Å²) in [5, 5.41) is 11.7. The molecule has 2 aliphatic rings. The number of ether oxygens (including phenoxy) is 1. The summed E-state index contributed by atoms with van der Waals surface area (Å²) in [6.07, 6.45) is 3.87. The number of hydrogen-bond donors (Lipinski definition) is 2. The van der Waals surface area contributed by atoms with Crippen LogP contribution in [0.3, 0.4) is 0 Å². The third-order valence-corrected chi connectivity index (χ3v) is 3.96. The summed E-state index contributed by atoms with van der Waals surface area (Å²) in [7, 11) is 0. The average Bonchev–Trinajstić information content (AvgIpc) is 3.29. The van der Waals surface area contributed by atoms with E-state index in [4.69, 9.17) is 9.84 Å². The monoisotopic (exact) mass is 298 g/mol. The Morgan fingerprint density at radius 1 is 1.29 bits per heavy atom. The van der Waals surface area contributed by atoms with Crippen molar-refractivity contribution in [3.05, 3.63) is 0 Å². The van der Waals surface area contributed by atoms with Crippen LogP contribution in [0.1, 0.15) is 39.0 Å². The number of rotatable bonds is 5. The number of aliphatic carboxylic acids is 1. The van der Waals surface area contributed by atoms with Gasteiger partial charge >= 0.3 is 18.0 Å². The van der Waals surface area contributed by atoms with Gasteiger partial charge in [0.2, 0.25) is 0 Å². The fourth-order valence-corrected chi connectivity index (χ4v) is 2.68. The van der Waals surface area contributed by atoms with Crippen LogP contribution in [0.2, 0.25) is 0 Å². The van der Waals surface area contributed by atoms with Crippen LogP contribution in [0.15, 0.2) is 0 Å². The maximum Gasteiger partial charge on any atom is 0.328 e. The third-order valence-electron chi connectivity index (χ3n) is 3.96. The fourth-order valence-electron chi connectivity index (χ4n) is 2.68. The number of nitrogens with zero attached hydrogens (tertiary/aromatic N) is 1. The van der Waals surface area contributed by atoms with Gasteiger partial charge in [0.1, 0.15) is 12.1 Å². The zero-order chi connectivity index (χ0) is 15.4. The van der Waals surface area contributed by atoms with Gasteiger partial charge in [-0.1, -0.05) is 0 Å². The molecule has 2 N–H and O–H groups in total. The fraction of sp³-hybridized carbons (Fsp3) is 0.786. The molecule has 2 unspecified atom stereocenters. The van der Waals surface area contributed by atoms with Crippen LogP contribution in [0, 0.1) is 5.92 Å². The van der Waals surface area contributed by atoms with E-state index in [0.29, 0.717) is 13.0 Å². The highest BCUT2D eigenvalue weighted by Gasteiger charge is 2.40. The Bertz CT molecular complexity index is 422. The molecular formula is C14H22N2O5. The molecular weight excluding hydrogens is 276 g/mol. The number of hydrogen-bond acceptors (Lipinski definition) is 4. The van der Waals surface area contributed by atoms with Gasteiger partial charge in [0, 0.05) is 6.54 Å². The summed E-state index contributed by atoms with van der Waals surface area (Å²) < 4.78 is 5.00. The highest BCUT2D eigenvalue weighted by molar-refractivity contribution is 5.87. The Labute approximate surface area is 123 Å². The number of likely N-dealkylation sites (tertiary alicyclic amines) is 1. The van der Waals surface area contributed by atoms with E-state index in [2.05, 4.69) is 5.32 Å². The molecule has 1 saturated carbocycles. The van der Waals surface area contributed by atoms with E-state index in [1.165, 1.54) is 4.90 Å². The molecule has 21 heavy (non-hydrogen) atoms. The molecule has 0 aromatic rings. The topological polar surface area (TPSA) is 95.9 Å². The predicted molar refractivity (Wildman–Crippen MR) is 73.7 cm³/mol. The number of carbonyl (C=O) groups is 3. The van der Waals surface area contributed by atoms with Crippen molar-refractivity contribution in [2.45, 2.75) is 51.1 Å². The van der Waals surface area contributed by atoms with Crippen LogP contribution < -0.4 is 5.32 Å². The first-order chi connectivity index (χ1) is 10.0. The molecule has 0 aromatic carbocycles. The van der Waals surface area contributed by atoms with Crippen LogP contribution >= 0.6 is 0 Å². The second-order valence-corrected chi connectivity index (χ2v) is 5.56. The van der Waals surface area contributed by atoms with Gasteiger partial charge < -0.3 is 20.1 Å². The van der Waals surface area contributed by atoms with Crippen molar-refractivity contribution in [1.29, 1.82) is 0 Å². The van der Waals surface area contributed by atoms with E-state index in [-0.39, 0.29) is 12.5 Å². The molecule has 1 saturated heterocycles. The molecule has 1 aliphatic carbocycles. The van der Waals surface area contributed by atoms with Crippen molar-refractivity contribution >= 4 is 18.0 Å². The maximum atomic E-state index is 12.3. The Balaban J connectivity index is 2.00. The van der Waals surface area contributed by atoms with Crippen molar-refractivity contribution in [2.75, 3.05) is 13.2 Å². The first-order valence-corrected chi connectivity index (χ1v) is 7.51. The van der Waals surface area contributed by atoms with Gasteiger partial charge in [-0.15, -0.1) is 0 Å². The van der Waals surface area contributed by atoms with Gasteiger partial charge in [0.15, 0.2) is 0 Å². The highest BCUT2D eigenvalue weighted by Crippen LogP contribution is 2.33. The lowest BCUT2D eigenvalue weighted by Crippen LogP contribution is -2.55. The standard InChI is InChI=1S/C14H22N2O5/c1-2-21-13(19)10-5-3-4-8-16(10)14(20)15-11(12(17)18)9-6-7-9/h9-11H,2-8H2,1H3,(H,15,20)(H,17,18). The van der Waals surface area contributed by atoms with Crippen molar-refractivity contribution in [3.8, 4) is 0 Å². The first kappa shape index (κ1) is 15.6. The van der Waals surface area contributed by atoms with E-state index < -0.39 is 30.1 Å². The molecule has 2 fully saturated rings. The van der Waals surface area contributed by atoms with Gasteiger partial charge in [-0.3, -0.25) is 0 Å². The van der Waals surface area contributed by atoms with E-state index in [1.807, 2.05) is 0 Å². The van der Waals surface area contributed by atoms with Crippen LogP contribution in [-0.2, 0) is 14.3 Å². The second-order valence-electron chi connectivity index (χ2n) is 5.56. The summed E-state index contributed by atoms with van der Waals surface area (Å²) in [5.41, 5.74) is 0. The van der Waals surface area contributed by atoms with Crippen molar-refractivity contribution < 1.29 is 24.2 Å². The number of amides is 2. The van der Waals surface area contributed by atoms with E-state index in [9.17, 15) is 14.4 Å². The number of esters is 1. The summed E-state index contributed by atoms with van der Waals surface area (Å²) >= 11 is 0. The molecule has 0 spiro atoms. The third kappa shape index (κ3) is 3.86. The summed E-state index contributed by atoms with van der Waals surface area (Å²) in [6, 6.07) is -1.94. The van der Waals surface area contributed by atoms with E-state index in [1.54, 1.807) is 6.92 Å². The van der Waals surface area contributed by atoms with Crippen LogP contribution in [0.4, 0.5) is 4.79 Å². The zero-order valence-corrected chi connectivity index (χ0v) is 12.2. The second kappa shape index (κ2) is 6.78. The van der Waals surface area contributed by atoms with Crippen LogP contribution in [0.5, 0.6) is 0 Å². The molecule has 118 valence electrons. The quantitative estimate of drug-likeness (QED) is 0.737. The molecule has 7 nitrogen and oxygen atoms in total. The van der Waals surface area contributed by atoms with Crippen molar-refractivity contribution in [2.24, 2.45) is 5.92 Å². The molecule has 2 atom stereocenters. The minimum absolute atomic E-state index is 0.0114. The van der Waals surface area contributed by atoms with Crippen LogP contribution in [-0.4, -0.2) is 53.2 Å². The van der Waals surface area contributed by atoms with Crippen LogP contribution in [0.25, 0.3) is 0 Å². The smallest absolute Gasteiger partial charge is 0.328 e. The lowest BCUT2D eigenvalue weighted by molar-refractivity contribution is -0.149. The highest BCUT2D eigenvalue weighted by atomic mass is 16.5. The Hall–Kier alpha value is -1.79. The normalized spacial score (nSPS) is 23.3.